The van der Waals surface area contributed by atoms with Crippen LogP contribution in [0.2, 0.25) is 0 Å². The molecule has 2 N–H and O–H groups in total. The number of nitrogens with one attached hydrogen (secondary N) is 2. The van der Waals surface area contributed by atoms with Gasteiger partial charge in [0.25, 0.3) is 5.69 Å². The lowest BCUT2D eigenvalue weighted by Gasteiger charge is -2.12. The molecule has 5 rings (SSSR count). The number of anilines is 3. The van der Waals surface area contributed by atoms with Crippen molar-refractivity contribution in [3.05, 3.63) is 81.1 Å². The van der Waals surface area contributed by atoms with Crippen molar-refractivity contribution in [2.45, 2.75) is 20.8 Å². The average Bonchev–Trinajstić information content (AvgIpc) is 3.51. The van der Waals surface area contributed by atoms with Gasteiger partial charge in [0.15, 0.2) is 11.6 Å². The highest BCUT2D eigenvalue weighted by atomic mass is 16.6. The fourth-order valence-electron chi connectivity index (χ4n) is 3.57. The van der Waals surface area contributed by atoms with Gasteiger partial charge in [-0.25, -0.2) is 9.61 Å². The van der Waals surface area contributed by atoms with E-state index in [0.717, 1.165) is 22.4 Å². The summed E-state index contributed by atoms with van der Waals surface area (Å²) in [6.45, 7) is 5.71. The second-order valence-electron chi connectivity index (χ2n) is 8.04. The number of hydrogen-bond acceptors (Lipinski definition) is 11. The number of furan rings is 1. The van der Waals surface area contributed by atoms with Crippen LogP contribution in [0, 0.1) is 30.9 Å². The molecule has 180 valence electrons. The smallest absolute Gasteiger partial charge is 0.272 e. The van der Waals surface area contributed by atoms with Gasteiger partial charge in [0.05, 0.1) is 11.1 Å². The maximum Gasteiger partial charge on any atom is 0.272 e. The van der Waals surface area contributed by atoms with Crippen LogP contribution in [-0.4, -0.2) is 31.4 Å². The van der Waals surface area contributed by atoms with Crippen LogP contribution < -0.4 is 10.7 Å². The van der Waals surface area contributed by atoms with E-state index in [-0.39, 0.29) is 17.0 Å². The van der Waals surface area contributed by atoms with E-state index in [1.807, 2.05) is 32.0 Å². The second-order valence-corrected chi connectivity index (χ2v) is 8.04. The number of nitro benzene ring substituents is 1. The lowest BCUT2D eigenvalue weighted by atomic mass is 10.1. The normalized spacial score (nSPS) is 11.3. The van der Waals surface area contributed by atoms with E-state index in [9.17, 15) is 10.1 Å². The molecule has 3 heterocycles. The fourth-order valence-corrected chi connectivity index (χ4v) is 3.57. The number of rotatable bonds is 7. The highest BCUT2D eigenvalue weighted by Crippen LogP contribution is 2.28. The van der Waals surface area contributed by atoms with Crippen molar-refractivity contribution in [3.63, 3.8) is 0 Å². The molecule has 0 fully saturated rings. The minimum absolute atomic E-state index is 0.0574. The Morgan fingerprint density at radius 3 is 2.50 bits per heavy atom. The molecular formula is C24H20N8O4. The topological polar surface area (TPSA) is 157 Å². The Hall–Kier alpha value is -5.13. The van der Waals surface area contributed by atoms with Crippen molar-refractivity contribution >= 4 is 40.5 Å². The zero-order valence-corrected chi connectivity index (χ0v) is 19.5. The first kappa shape index (κ1) is 22.7. The molecule has 0 amide bonds. The van der Waals surface area contributed by atoms with Gasteiger partial charge in [0.2, 0.25) is 11.3 Å². The molecule has 0 bridgehead atoms. The number of aromatic nitrogens is 4. The van der Waals surface area contributed by atoms with E-state index in [1.165, 1.54) is 12.3 Å². The molecule has 36 heavy (non-hydrogen) atoms. The van der Waals surface area contributed by atoms with Crippen LogP contribution in [0.5, 0.6) is 0 Å². The van der Waals surface area contributed by atoms with Crippen LogP contribution >= 0.6 is 0 Å². The molecule has 0 aliphatic carbocycles. The van der Waals surface area contributed by atoms with Gasteiger partial charge < -0.3 is 9.73 Å². The second kappa shape index (κ2) is 9.25. The van der Waals surface area contributed by atoms with Gasteiger partial charge in [0, 0.05) is 22.9 Å². The monoisotopic (exact) mass is 484 g/mol. The van der Waals surface area contributed by atoms with E-state index < -0.39 is 4.92 Å². The third-order valence-electron chi connectivity index (χ3n) is 5.64. The Kier molecular flexibility index (Phi) is 5.82. The Morgan fingerprint density at radius 2 is 1.75 bits per heavy atom. The van der Waals surface area contributed by atoms with E-state index in [4.69, 9.17) is 9.05 Å². The Bertz CT molecular complexity index is 1620. The number of nitrogens with zero attached hydrogens (tertiary/aromatic N) is 6. The van der Waals surface area contributed by atoms with Gasteiger partial charge >= 0.3 is 0 Å². The van der Waals surface area contributed by atoms with Crippen molar-refractivity contribution in [3.8, 4) is 11.3 Å². The van der Waals surface area contributed by atoms with Gasteiger partial charge in [-0.05, 0) is 72.5 Å². The predicted molar refractivity (Wildman–Crippen MR) is 133 cm³/mol. The lowest BCUT2D eigenvalue weighted by Crippen LogP contribution is -2.04. The van der Waals surface area contributed by atoms with Crippen LogP contribution in [0.4, 0.5) is 23.0 Å². The van der Waals surface area contributed by atoms with Crippen molar-refractivity contribution in [2.24, 2.45) is 5.10 Å². The third kappa shape index (κ3) is 4.46. The first-order valence-corrected chi connectivity index (χ1v) is 10.9. The van der Waals surface area contributed by atoms with Crippen molar-refractivity contribution < 1.29 is 14.0 Å². The van der Waals surface area contributed by atoms with Crippen LogP contribution in [0.1, 0.15) is 22.5 Å². The summed E-state index contributed by atoms with van der Waals surface area (Å²) in [6, 6.07) is 14.2. The summed E-state index contributed by atoms with van der Waals surface area (Å²) in [7, 11) is 0. The molecule has 0 unspecified atom stereocenters. The largest absolute Gasteiger partial charge is 0.455 e. The Labute approximate surface area is 204 Å². The van der Waals surface area contributed by atoms with Crippen molar-refractivity contribution in [2.75, 3.05) is 10.7 Å². The van der Waals surface area contributed by atoms with Crippen LogP contribution in [0.15, 0.2) is 62.7 Å². The molecule has 0 spiro atoms. The van der Waals surface area contributed by atoms with Gasteiger partial charge in [0.1, 0.15) is 11.5 Å². The molecule has 0 saturated carbocycles. The molecule has 2 aromatic carbocycles. The summed E-state index contributed by atoms with van der Waals surface area (Å²) in [5.41, 5.74) is 7.73. The van der Waals surface area contributed by atoms with Gasteiger partial charge in [-0.3, -0.25) is 15.5 Å². The standard InChI is InChI=1S/C24H20N8O4/c1-13-5-4-6-18(15(13)3)26-21-22(28-24-23(27-21)30-36-31-24)29-25-12-17-8-10-20(35-17)16-7-9-19(32(33)34)14(2)11-16/h4-12H,1-3H3,(H,26,27,30)(H,28,29,31)/b25-12-. The van der Waals surface area contributed by atoms with E-state index in [1.54, 1.807) is 31.2 Å². The summed E-state index contributed by atoms with van der Waals surface area (Å²) in [4.78, 5) is 19.5. The van der Waals surface area contributed by atoms with Crippen LogP contribution in [0.3, 0.4) is 0 Å². The highest BCUT2D eigenvalue weighted by molar-refractivity contribution is 5.80. The summed E-state index contributed by atoms with van der Waals surface area (Å²) >= 11 is 0. The van der Waals surface area contributed by atoms with Crippen molar-refractivity contribution in [1.29, 1.82) is 0 Å². The van der Waals surface area contributed by atoms with E-state index in [0.29, 0.717) is 28.7 Å². The molecule has 0 aliphatic rings. The number of nitro groups is 1. The zero-order chi connectivity index (χ0) is 25.2. The predicted octanol–water partition coefficient (Wildman–Crippen LogP) is 5.30. The van der Waals surface area contributed by atoms with E-state index >= 15 is 0 Å². The molecule has 0 aliphatic heterocycles. The molecule has 12 heteroatoms. The van der Waals surface area contributed by atoms with E-state index in [2.05, 4.69) is 36.1 Å². The number of fused-ring (bicyclic) bond motifs is 1. The molecule has 12 nitrogen and oxygen atoms in total. The number of hydrogen-bond donors (Lipinski definition) is 2. The highest BCUT2D eigenvalue weighted by Gasteiger charge is 2.15. The van der Waals surface area contributed by atoms with Gasteiger partial charge in [-0.15, -0.1) is 0 Å². The quantitative estimate of drug-likeness (QED) is 0.176. The molecule has 5 aromatic rings. The molecule has 3 aromatic heterocycles. The zero-order valence-electron chi connectivity index (χ0n) is 19.5. The van der Waals surface area contributed by atoms with Crippen molar-refractivity contribution in [1.82, 2.24) is 20.3 Å². The maximum absolute atomic E-state index is 11.1. The average molecular weight is 484 g/mol. The summed E-state index contributed by atoms with van der Waals surface area (Å²) < 4.78 is 10.6. The first-order valence-electron chi connectivity index (χ1n) is 10.9. The molecule has 0 radical (unpaired) electrons. The lowest BCUT2D eigenvalue weighted by molar-refractivity contribution is -0.385. The third-order valence-corrected chi connectivity index (χ3v) is 5.64. The molecule has 0 atom stereocenters. The Balaban J connectivity index is 1.38. The number of benzene rings is 2. The fraction of sp³-hybridized carbons (Fsp3) is 0.125. The maximum atomic E-state index is 11.1. The van der Waals surface area contributed by atoms with Crippen LogP contribution in [0.25, 0.3) is 22.6 Å². The minimum atomic E-state index is -0.413. The Morgan fingerprint density at radius 1 is 0.972 bits per heavy atom. The molecular weight excluding hydrogens is 464 g/mol. The van der Waals surface area contributed by atoms with Crippen LogP contribution in [-0.2, 0) is 0 Å². The summed E-state index contributed by atoms with van der Waals surface area (Å²) in [5.74, 6) is 1.73. The summed E-state index contributed by atoms with van der Waals surface area (Å²) in [6.07, 6.45) is 1.48. The first-order chi connectivity index (χ1) is 17.4. The van der Waals surface area contributed by atoms with Gasteiger partial charge in [-0.2, -0.15) is 10.1 Å². The SMILES string of the molecule is Cc1cc(-c2ccc(/C=N\Nc3nc4nonc4nc3Nc3cccc(C)c3C)o2)ccc1[N+](=O)[O-]. The van der Waals surface area contributed by atoms with Gasteiger partial charge in [-0.1, -0.05) is 12.1 Å². The number of aryl methyl sites for hydroxylation is 2. The number of hydrazone groups is 1. The summed E-state index contributed by atoms with van der Waals surface area (Å²) in [5, 5.41) is 26.1. The molecule has 0 saturated heterocycles. The minimum Gasteiger partial charge on any atom is -0.455 e.